The van der Waals surface area contributed by atoms with Gasteiger partial charge in [0, 0.05) is 19.4 Å². The van der Waals surface area contributed by atoms with E-state index in [-0.39, 0.29) is 0 Å². The minimum absolute atomic E-state index is 0.556. The number of anilines is 1. The quantitative estimate of drug-likeness (QED) is 0.565. The molecule has 2 N–H and O–H groups in total. The Morgan fingerprint density at radius 3 is 2.22 bits per heavy atom. The Kier molecular flexibility index (Phi) is 3.51. The summed E-state index contributed by atoms with van der Waals surface area (Å²) < 4.78 is 1.75. The molecule has 9 heavy (non-hydrogen) atoms. The van der Waals surface area contributed by atoms with Crippen LogP contribution in [0.25, 0.3) is 0 Å². The van der Waals surface area contributed by atoms with Gasteiger partial charge in [0.1, 0.15) is 0 Å². The van der Waals surface area contributed by atoms with Crippen LogP contribution in [0.4, 0.5) is 5.95 Å². The Morgan fingerprint density at radius 2 is 2.11 bits per heavy atom. The molecular weight excluding hydrogens is 114 g/mol. The molecule has 0 aliphatic carbocycles. The highest BCUT2D eigenvalue weighted by Gasteiger charge is 1.84. The van der Waals surface area contributed by atoms with Crippen LogP contribution >= 0.6 is 0 Å². The van der Waals surface area contributed by atoms with E-state index in [2.05, 4.69) is 4.98 Å². The zero-order valence-electron chi connectivity index (χ0n) is 6.13. The fourth-order valence-electron chi connectivity index (χ4n) is 0.377. The molecule has 52 valence electrons. The molecule has 0 aromatic carbocycles. The first-order valence-electron chi connectivity index (χ1n) is 3.03. The van der Waals surface area contributed by atoms with Crippen LogP contribution in [0.1, 0.15) is 13.8 Å². The lowest BCUT2D eigenvalue weighted by Gasteiger charge is -1.87. The van der Waals surface area contributed by atoms with Crippen LogP contribution in [0.15, 0.2) is 12.4 Å². The van der Waals surface area contributed by atoms with E-state index in [1.165, 1.54) is 0 Å². The molecule has 0 spiro atoms. The molecule has 0 radical (unpaired) electrons. The summed E-state index contributed by atoms with van der Waals surface area (Å²) in [6.07, 6.45) is 3.46. The van der Waals surface area contributed by atoms with Gasteiger partial charge >= 0.3 is 0 Å². The Balaban J connectivity index is 0.000000291. The predicted molar refractivity (Wildman–Crippen MR) is 39.0 cm³/mol. The van der Waals surface area contributed by atoms with Crippen LogP contribution in [-0.2, 0) is 7.05 Å². The Morgan fingerprint density at radius 1 is 1.56 bits per heavy atom. The normalized spacial score (nSPS) is 7.89. The number of hydrogen-bond donors (Lipinski definition) is 1. The highest BCUT2D eigenvalue weighted by atomic mass is 15.1. The van der Waals surface area contributed by atoms with E-state index in [4.69, 9.17) is 5.73 Å². The van der Waals surface area contributed by atoms with Crippen molar-refractivity contribution in [3.05, 3.63) is 12.4 Å². The molecule has 1 aromatic heterocycles. The number of nitrogen functional groups attached to an aromatic ring is 1. The predicted octanol–water partition coefficient (Wildman–Crippen LogP) is 1.03. The van der Waals surface area contributed by atoms with E-state index < -0.39 is 0 Å². The van der Waals surface area contributed by atoms with E-state index in [0.717, 1.165) is 0 Å². The molecule has 0 saturated carbocycles. The summed E-state index contributed by atoms with van der Waals surface area (Å²) in [6, 6.07) is 0. The first-order chi connectivity index (χ1) is 4.30. The lowest BCUT2D eigenvalue weighted by Crippen LogP contribution is -1.94. The maximum Gasteiger partial charge on any atom is 0.199 e. The number of aryl methyl sites for hydroxylation is 1. The van der Waals surface area contributed by atoms with Gasteiger partial charge in [-0.3, -0.25) is 0 Å². The maximum absolute atomic E-state index is 5.29. The molecule has 1 aromatic rings. The molecular formula is C6H13N3. The van der Waals surface area contributed by atoms with E-state index in [0.29, 0.717) is 5.95 Å². The van der Waals surface area contributed by atoms with Gasteiger partial charge in [0.05, 0.1) is 0 Å². The van der Waals surface area contributed by atoms with Gasteiger partial charge in [-0.2, -0.15) is 0 Å². The maximum atomic E-state index is 5.29. The van der Waals surface area contributed by atoms with Crippen molar-refractivity contribution in [2.24, 2.45) is 7.05 Å². The smallest absolute Gasteiger partial charge is 0.199 e. The van der Waals surface area contributed by atoms with Crippen molar-refractivity contribution in [3.63, 3.8) is 0 Å². The molecule has 0 unspecified atom stereocenters. The zero-order valence-corrected chi connectivity index (χ0v) is 6.13. The van der Waals surface area contributed by atoms with Gasteiger partial charge in [0.15, 0.2) is 5.95 Å². The molecule has 3 heteroatoms. The highest BCUT2D eigenvalue weighted by Crippen LogP contribution is 1.90. The first-order valence-corrected chi connectivity index (χ1v) is 3.03. The third kappa shape index (κ3) is 2.17. The standard InChI is InChI=1S/C4H7N3.C2H6/c1-7-3-2-6-4(7)5;1-2/h2-3H,1H3,(H2,5,6);1-2H3. The zero-order chi connectivity index (χ0) is 7.28. The number of aromatic nitrogens is 2. The second-order valence-corrected chi connectivity index (χ2v) is 1.40. The van der Waals surface area contributed by atoms with Gasteiger partial charge < -0.3 is 10.3 Å². The summed E-state index contributed by atoms with van der Waals surface area (Å²) in [4.78, 5) is 3.76. The SMILES string of the molecule is CC.Cn1ccnc1N. The molecule has 0 aliphatic heterocycles. The molecule has 0 bridgehead atoms. The number of hydrogen-bond acceptors (Lipinski definition) is 2. The van der Waals surface area contributed by atoms with Gasteiger partial charge in [0.25, 0.3) is 0 Å². The minimum Gasteiger partial charge on any atom is -0.369 e. The number of nitrogens with two attached hydrogens (primary N) is 1. The summed E-state index contributed by atoms with van der Waals surface area (Å²) >= 11 is 0. The lowest BCUT2D eigenvalue weighted by molar-refractivity contribution is 0.930. The minimum atomic E-state index is 0.556. The summed E-state index contributed by atoms with van der Waals surface area (Å²) in [5, 5.41) is 0. The van der Waals surface area contributed by atoms with Crippen LogP contribution in [0.3, 0.4) is 0 Å². The van der Waals surface area contributed by atoms with Crippen molar-refractivity contribution >= 4 is 5.95 Å². The molecule has 3 nitrogen and oxygen atoms in total. The third-order valence-corrected chi connectivity index (χ3v) is 0.858. The van der Waals surface area contributed by atoms with Gasteiger partial charge in [-0.15, -0.1) is 0 Å². The molecule has 0 saturated heterocycles. The van der Waals surface area contributed by atoms with Crippen LogP contribution in [-0.4, -0.2) is 9.55 Å². The topological polar surface area (TPSA) is 43.8 Å². The summed E-state index contributed by atoms with van der Waals surface area (Å²) in [5.41, 5.74) is 5.29. The molecule has 0 aliphatic rings. The first kappa shape index (κ1) is 8.01. The summed E-state index contributed by atoms with van der Waals surface area (Å²) in [7, 11) is 1.85. The lowest BCUT2D eigenvalue weighted by atomic mass is 10.9. The largest absolute Gasteiger partial charge is 0.369 e. The fourth-order valence-corrected chi connectivity index (χ4v) is 0.377. The second kappa shape index (κ2) is 3.95. The Bertz CT molecular complexity index is 141. The molecule has 1 heterocycles. The van der Waals surface area contributed by atoms with Crippen LogP contribution < -0.4 is 5.73 Å². The fraction of sp³-hybridized carbons (Fsp3) is 0.500. The third-order valence-electron chi connectivity index (χ3n) is 0.858. The van der Waals surface area contributed by atoms with Gasteiger partial charge in [-0.25, -0.2) is 4.98 Å². The van der Waals surface area contributed by atoms with Gasteiger partial charge in [0.2, 0.25) is 0 Å². The second-order valence-electron chi connectivity index (χ2n) is 1.40. The average molecular weight is 127 g/mol. The Hall–Kier alpha value is -0.990. The van der Waals surface area contributed by atoms with E-state index in [1.807, 2.05) is 20.9 Å². The van der Waals surface area contributed by atoms with Crippen LogP contribution in [0.5, 0.6) is 0 Å². The summed E-state index contributed by atoms with van der Waals surface area (Å²) in [5.74, 6) is 0.556. The van der Waals surface area contributed by atoms with Crippen molar-refractivity contribution < 1.29 is 0 Å². The van der Waals surface area contributed by atoms with Crippen molar-refractivity contribution in [1.29, 1.82) is 0 Å². The molecule has 1 rings (SSSR count). The monoisotopic (exact) mass is 127 g/mol. The van der Waals surface area contributed by atoms with Gasteiger partial charge in [-0.1, -0.05) is 13.8 Å². The molecule has 0 amide bonds. The van der Waals surface area contributed by atoms with Crippen LogP contribution in [0.2, 0.25) is 0 Å². The van der Waals surface area contributed by atoms with Crippen LogP contribution in [0, 0.1) is 0 Å². The summed E-state index contributed by atoms with van der Waals surface area (Å²) in [6.45, 7) is 4.00. The molecule has 0 fully saturated rings. The number of rotatable bonds is 0. The Labute approximate surface area is 55.5 Å². The van der Waals surface area contributed by atoms with E-state index in [9.17, 15) is 0 Å². The van der Waals surface area contributed by atoms with Crippen molar-refractivity contribution in [3.8, 4) is 0 Å². The van der Waals surface area contributed by atoms with E-state index >= 15 is 0 Å². The van der Waals surface area contributed by atoms with Crippen molar-refractivity contribution in [2.75, 3.05) is 5.73 Å². The average Bonchev–Trinajstić information content (AvgIpc) is 2.23. The number of imidazole rings is 1. The van der Waals surface area contributed by atoms with E-state index in [1.54, 1.807) is 17.0 Å². The van der Waals surface area contributed by atoms with Gasteiger partial charge in [-0.05, 0) is 0 Å². The number of nitrogens with zero attached hydrogens (tertiary/aromatic N) is 2. The van der Waals surface area contributed by atoms with Crippen molar-refractivity contribution in [2.45, 2.75) is 13.8 Å². The molecule has 0 atom stereocenters. The highest BCUT2D eigenvalue weighted by molar-refractivity contribution is 5.15. The van der Waals surface area contributed by atoms with Crippen molar-refractivity contribution in [1.82, 2.24) is 9.55 Å².